The fraction of sp³-hybridized carbons (Fsp3) is 0.462. The standard InChI is InChI=1S/C13H14ClFN2O/c14-9-1-2-10(11(15)7-9)12(18)17-6-5-16-13(8-17)3-4-13/h1-2,7,16H,3-6,8H2. The van der Waals surface area contributed by atoms with E-state index in [0.717, 1.165) is 19.4 Å². The van der Waals surface area contributed by atoms with Gasteiger partial charge in [0.05, 0.1) is 5.56 Å². The maximum atomic E-state index is 13.7. The van der Waals surface area contributed by atoms with Gasteiger partial charge in [0.2, 0.25) is 0 Å². The minimum Gasteiger partial charge on any atom is -0.335 e. The molecule has 1 saturated heterocycles. The van der Waals surface area contributed by atoms with Gasteiger partial charge in [-0.05, 0) is 31.0 Å². The first-order chi connectivity index (χ1) is 8.60. The number of carbonyl (C=O) groups is 1. The van der Waals surface area contributed by atoms with Crippen LogP contribution >= 0.6 is 11.6 Å². The highest BCUT2D eigenvalue weighted by molar-refractivity contribution is 6.30. The Kier molecular flexibility index (Phi) is 2.79. The highest BCUT2D eigenvalue weighted by Crippen LogP contribution is 2.37. The van der Waals surface area contributed by atoms with E-state index in [9.17, 15) is 9.18 Å². The first-order valence-electron chi connectivity index (χ1n) is 6.09. The van der Waals surface area contributed by atoms with Crippen molar-refractivity contribution in [2.24, 2.45) is 0 Å². The molecule has 96 valence electrons. The number of piperazine rings is 1. The van der Waals surface area contributed by atoms with Crippen LogP contribution in [0.5, 0.6) is 0 Å². The molecule has 0 radical (unpaired) electrons. The number of amides is 1. The van der Waals surface area contributed by atoms with Gasteiger partial charge < -0.3 is 10.2 Å². The van der Waals surface area contributed by atoms with Gasteiger partial charge in [0.15, 0.2) is 0 Å². The van der Waals surface area contributed by atoms with Gasteiger partial charge in [-0.2, -0.15) is 0 Å². The van der Waals surface area contributed by atoms with Crippen molar-refractivity contribution in [1.82, 2.24) is 10.2 Å². The van der Waals surface area contributed by atoms with E-state index in [4.69, 9.17) is 11.6 Å². The van der Waals surface area contributed by atoms with Crippen molar-refractivity contribution >= 4 is 17.5 Å². The van der Waals surface area contributed by atoms with E-state index in [1.165, 1.54) is 12.1 Å². The van der Waals surface area contributed by atoms with E-state index in [-0.39, 0.29) is 17.0 Å². The molecule has 1 heterocycles. The van der Waals surface area contributed by atoms with Crippen molar-refractivity contribution in [3.63, 3.8) is 0 Å². The van der Waals surface area contributed by atoms with Crippen LogP contribution in [0.15, 0.2) is 18.2 Å². The third kappa shape index (κ3) is 2.10. The van der Waals surface area contributed by atoms with Crippen molar-refractivity contribution in [3.05, 3.63) is 34.6 Å². The molecular formula is C13H14ClFN2O. The molecule has 1 aromatic carbocycles. The SMILES string of the molecule is O=C(c1ccc(Cl)cc1F)N1CCNC2(CC2)C1. The number of halogens is 2. The van der Waals surface area contributed by atoms with Crippen LogP contribution in [0.3, 0.4) is 0 Å². The van der Waals surface area contributed by atoms with Crippen LogP contribution in [0.2, 0.25) is 5.02 Å². The van der Waals surface area contributed by atoms with Crippen LogP contribution in [-0.2, 0) is 0 Å². The minimum absolute atomic E-state index is 0.108. The normalized spacial score (nSPS) is 21.1. The Morgan fingerprint density at radius 1 is 1.44 bits per heavy atom. The molecule has 3 nitrogen and oxygen atoms in total. The largest absolute Gasteiger partial charge is 0.335 e. The second-order valence-corrected chi connectivity index (χ2v) is 5.49. The molecule has 1 spiro atoms. The lowest BCUT2D eigenvalue weighted by atomic mass is 10.1. The molecule has 18 heavy (non-hydrogen) atoms. The molecule has 5 heteroatoms. The highest BCUT2D eigenvalue weighted by Gasteiger charge is 2.46. The van der Waals surface area contributed by atoms with E-state index in [1.54, 1.807) is 11.0 Å². The van der Waals surface area contributed by atoms with Crippen LogP contribution in [-0.4, -0.2) is 36.0 Å². The summed E-state index contributed by atoms with van der Waals surface area (Å²) in [5.41, 5.74) is 0.216. The molecule has 1 amide bonds. The fourth-order valence-corrected chi connectivity index (χ4v) is 2.61. The predicted molar refractivity (Wildman–Crippen MR) is 67.3 cm³/mol. The lowest BCUT2D eigenvalue weighted by Gasteiger charge is -2.34. The molecule has 0 unspecified atom stereocenters. The average Bonchev–Trinajstić information content (AvgIpc) is 3.08. The molecule has 0 bridgehead atoms. The summed E-state index contributed by atoms with van der Waals surface area (Å²) in [5, 5.41) is 3.73. The Bertz CT molecular complexity index is 502. The summed E-state index contributed by atoms with van der Waals surface area (Å²) in [5.74, 6) is -0.784. The van der Waals surface area contributed by atoms with E-state index in [2.05, 4.69) is 5.32 Å². The second kappa shape index (κ2) is 4.21. The van der Waals surface area contributed by atoms with E-state index in [1.807, 2.05) is 0 Å². The monoisotopic (exact) mass is 268 g/mol. The summed E-state index contributed by atoms with van der Waals surface area (Å²) in [7, 11) is 0. The Morgan fingerprint density at radius 3 is 2.89 bits per heavy atom. The molecule has 1 saturated carbocycles. The molecule has 0 aromatic heterocycles. The summed E-state index contributed by atoms with van der Waals surface area (Å²) in [6, 6.07) is 4.19. The van der Waals surface area contributed by atoms with E-state index >= 15 is 0 Å². The summed E-state index contributed by atoms with van der Waals surface area (Å²) in [6.07, 6.45) is 2.19. The lowest BCUT2D eigenvalue weighted by Crippen LogP contribution is -2.54. The molecule has 1 N–H and O–H groups in total. The number of hydrogen-bond donors (Lipinski definition) is 1. The van der Waals surface area contributed by atoms with Gasteiger partial charge in [0, 0.05) is 30.2 Å². The summed E-state index contributed by atoms with van der Waals surface area (Å²) < 4.78 is 13.7. The van der Waals surface area contributed by atoms with Crippen LogP contribution in [0.25, 0.3) is 0 Å². The lowest BCUT2D eigenvalue weighted by molar-refractivity contribution is 0.0686. The maximum absolute atomic E-state index is 13.7. The number of nitrogens with one attached hydrogen (secondary N) is 1. The van der Waals surface area contributed by atoms with Gasteiger partial charge in [-0.25, -0.2) is 4.39 Å². The Balaban J connectivity index is 1.81. The molecule has 1 aliphatic carbocycles. The Labute approximate surface area is 110 Å². The Morgan fingerprint density at radius 2 is 2.22 bits per heavy atom. The molecule has 0 atom stereocenters. The number of benzene rings is 1. The van der Waals surface area contributed by atoms with E-state index < -0.39 is 5.82 Å². The van der Waals surface area contributed by atoms with Crippen LogP contribution in [0.1, 0.15) is 23.2 Å². The zero-order chi connectivity index (χ0) is 12.8. The topological polar surface area (TPSA) is 32.3 Å². The molecular weight excluding hydrogens is 255 g/mol. The van der Waals surface area contributed by atoms with Gasteiger partial charge in [0.25, 0.3) is 5.91 Å². The van der Waals surface area contributed by atoms with Gasteiger partial charge in [0.1, 0.15) is 5.82 Å². The average molecular weight is 269 g/mol. The van der Waals surface area contributed by atoms with E-state index in [0.29, 0.717) is 18.1 Å². The maximum Gasteiger partial charge on any atom is 0.256 e. The first-order valence-corrected chi connectivity index (χ1v) is 6.47. The van der Waals surface area contributed by atoms with Crippen molar-refractivity contribution in [2.45, 2.75) is 18.4 Å². The molecule has 3 rings (SSSR count). The number of nitrogens with zero attached hydrogens (tertiary/aromatic N) is 1. The zero-order valence-electron chi connectivity index (χ0n) is 9.88. The fourth-order valence-electron chi connectivity index (χ4n) is 2.45. The van der Waals surface area contributed by atoms with Gasteiger partial charge in [-0.3, -0.25) is 4.79 Å². The van der Waals surface area contributed by atoms with Crippen LogP contribution < -0.4 is 5.32 Å². The van der Waals surface area contributed by atoms with Gasteiger partial charge >= 0.3 is 0 Å². The molecule has 2 aliphatic rings. The first kappa shape index (κ1) is 11.9. The van der Waals surface area contributed by atoms with Crippen molar-refractivity contribution in [3.8, 4) is 0 Å². The van der Waals surface area contributed by atoms with Crippen LogP contribution in [0.4, 0.5) is 4.39 Å². The van der Waals surface area contributed by atoms with Gasteiger partial charge in [-0.15, -0.1) is 0 Å². The zero-order valence-corrected chi connectivity index (χ0v) is 10.6. The van der Waals surface area contributed by atoms with Crippen molar-refractivity contribution in [2.75, 3.05) is 19.6 Å². The third-order valence-corrected chi connectivity index (χ3v) is 3.91. The van der Waals surface area contributed by atoms with Crippen LogP contribution in [0, 0.1) is 5.82 Å². The highest BCUT2D eigenvalue weighted by atomic mass is 35.5. The Hall–Kier alpha value is -1.13. The molecule has 1 aliphatic heterocycles. The van der Waals surface area contributed by atoms with Crippen molar-refractivity contribution in [1.29, 1.82) is 0 Å². The van der Waals surface area contributed by atoms with Gasteiger partial charge in [-0.1, -0.05) is 11.6 Å². The second-order valence-electron chi connectivity index (χ2n) is 5.06. The number of carbonyl (C=O) groups excluding carboxylic acids is 1. The predicted octanol–water partition coefficient (Wildman–Crippen LogP) is 2.06. The summed E-state index contributed by atoms with van der Waals surface area (Å²) in [4.78, 5) is 14.0. The summed E-state index contributed by atoms with van der Waals surface area (Å²) >= 11 is 5.69. The number of rotatable bonds is 1. The molecule has 2 fully saturated rings. The minimum atomic E-state index is -0.545. The third-order valence-electron chi connectivity index (χ3n) is 3.68. The number of hydrogen-bond acceptors (Lipinski definition) is 2. The van der Waals surface area contributed by atoms with Crippen molar-refractivity contribution < 1.29 is 9.18 Å². The quantitative estimate of drug-likeness (QED) is 0.846. The smallest absolute Gasteiger partial charge is 0.256 e. The molecule has 1 aromatic rings. The summed E-state index contributed by atoms with van der Waals surface area (Å²) in [6.45, 7) is 2.08.